The number of thioether (sulfide) groups is 1. The van der Waals surface area contributed by atoms with Crippen molar-refractivity contribution in [2.75, 3.05) is 25.4 Å². The lowest BCUT2D eigenvalue weighted by atomic mass is 10.1. The standard InChI is InChI=1S/C15H21N3S/c1-4-9-18(10-5-1)11-6-12-19-15-16-13-7-2-3-8-14(13)17-15/h2-3,7-8H,1,4-6,9-12H2,(H,16,17)/p+1. The number of nitrogens with one attached hydrogen (secondary N) is 2. The van der Waals surface area contributed by atoms with Gasteiger partial charge in [-0.3, -0.25) is 0 Å². The van der Waals surface area contributed by atoms with Crippen molar-refractivity contribution in [3.63, 3.8) is 0 Å². The van der Waals surface area contributed by atoms with E-state index in [2.05, 4.69) is 28.2 Å². The Morgan fingerprint density at radius 1 is 1.16 bits per heavy atom. The van der Waals surface area contributed by atoms with Crippen molar-refractivity contribution >= 4 is 22.8 Å². The van der Waals surface area contributed by atoms with Crippen LogP contribution >= 0.6 is 11.8 Å². The molecule has 1 aromatic heterocycles. The zero-order valence-electron chi connectivity index (χ0n) is 11.3. The molecule has 19 heavy (non-hydrogen) atoms. The van der Waals surface area contributed by atoms with Crippen LogP contribution < -0.4 is 4.90 Å². The minimum Gasteiger partial charge on any atom is -0.335 e. The van der Waals surface area contributed by atoms with Gasteiger partial charge in [0.25, 0.3) is 0 Å². The second-order valence-corrected chi connectivity index (χ2v) is 6.41. The van der Waals surface area contributed by atoms with Crippen molar-refractivity contribution in [1.82, 2.24) is 9.97 Å². The first-order chi connectivity index (χ1) is 9.42. The van der Waals surface area contributed by atoms with E-state index in [4.69, 9.17) is 0 Å². The summed E-state index contributed by atoms with van der Waals surface area (Å²) in [5.74, 6) is 1.17. The number of benzene rings is 1. The fourth-order valence-electron chi connectivity index (χ4n) is 2.79. The monoisotopic (exact) mass is 276 g/mol. The molecule has 1 saturated heterocycles. The quantitative estimate of drug-likeness (QED) is 0.648. The molecule has 0 spiro atoms. The minimum atomic E-state index is 1.06. The van der Waals surface area contributed by atoms with Crippen LogP contribution in [0.3, 0.4) is 0 Å². The largest absolute Gasteiger partial charge is 0.335 e. The zero-order chi connectivity index (χ0) is 12.9. The molecular weight excluding hydrogens is 254 g/mol. The summed E-state index contributed by atoms with van der Waals surface area (Å²) in [6, 6.07) is 8.24. The van der Waals surface area contributed by atoms with E-state index >= 15 is 0 Å². The van der Waals surface area contributed by atoms with Crippen molar-refractivity contribution in [1.29, 1.82) is 0 Å². The van der Waals surface area contributed by atoms with Gasteiger partial charge in [0.05, 0.1) is 30.7 Å². The lowest BCUT2D eigenvalue weighted by Gasteiger charge is -2.23. The second-order valence-electron chi connectivity index (χ2n) is 5.32. The summed E-state index contributed by atoms with van der Waals surface area (Å²) in [7, 11) is 0. The molecule has 1 aliphatic rings. The Bertz CT molecular complexity index is 484. The fourth-order valence-corrected chi connectivity index (χ4v) is 3.62. The Balaban J connectivity index is 1.44. The van der Waals surface area contributed by atoms with Gasteiger partial charge in [0, 0.05) is 12.2 Å². The number of imidazole rings is 1. The smallest absolute Gasteiger partial charge is 0.166 e. The molecule has 0 aliphatic carbocycles. The van der Waals surface area contributed by atoms with Crippen molar-refractivity contribution in [3.8, 4) is 0 Å². The van der Waals surface area contributed by atoms with Crippen LogP contribution in [0.2, 0.25) is 0 Å². The van der Waals surface area contributed by atoms with Gasteiger partial charge in [0.2, 0.25) is 0 Å². The zero-order valence-corrected chi connectivity index (χ0v) is 12.1. The molecule has 2 aromatic rings. The van der Waals surface area contributed by atoms with Crippen molar-refractivity contribution in [3.05, 3.63) is 24.3 Å². The molecule has 102 valence electrons. The van der Waals surface area contributed by atoms with Gasteiger partial charge in [0.1, 0.15) is 0 Å². The third-order valence-electron chi connectivity index (χ3n) is 3.84. The number of H-pyrrole nitrogens is 1. The fraction of sp³-hybridized carbons (Fsp3) is 0.533. The molecule has 0 radical (unpaired) electrons. The Morgan fingerprint density at radius 3 is 2.84 bits per heavy atom. The minimum absolute atomic E-state index is 1.06. The maximum Gasteiger partial charge on any atom is 0.166 e. The van der Waals surface area contributed by atoms with E-state index in [9.17, 15) is 0 Å². The van der Waals surface area contributed by atoms with Gasteiger partial charge in [-0.25, -0.2) is 4.98 Å². The lowest BCUT2D eigenvalue weighted by Crippen LogP contribution is -3.12. The number of nitrogens with zero attached hydrogens (tertiary/aromatic N) is 1. The molecule has 3 rings (SSSR count). The number of rotatable bonds is 5. The maximum absolute atomic E-state index is 4.60. The Kier molecular flexibility index (Phi) is 4.41. The SMILES string of the molecule is c1ccc2[nH]c(SCCC[NH+]3CCCCC3)nc2c1. The topological polar surface area (TPSA) is 33.1 Å². The molecular formula is C15H22N3S+. The number of aromatic nitrogens is 2. The summed E-state index contributed by atoms with van der Waals surface area (Å²) in [6.45, 7) is 4.10. The van der Waals surface area contributed by atoms with E-state index in [0.717, 1.165) is 16.2 Å². The van der Waals surface area contributed by atoms with Gasteiger partial charge in [-0.05, 0) is 31.4 Å². The normalized spacial score (nSPS) is 17.1. The number of quaternary nitrogens is 1. The molecule has 2 heterocycles. The molecule has 0 atom stereocenters. The lowest BCUT2D eigenvalue weighted by molar-refractivity contribution is -0.904. The molecule has 2 N–H and O–H groups in total. The number of hydrogen-bond donors (Lipinski definition) is 2. The van der Waals surface area contributed by atoms with Crippen LogP contribution in [0.15, 0.2) is 29.4 Å². The van der Waals surface area contributed by atoms with E-state index in [1.165, 1.54) is 51.1 Å². The number of hydrogen-bond acceptors (Lipinski definition) is 2. The number of aromatic amines is 1. The van der Waals surface area contributed by atoms with E-state index < -0.39 is 0 Å². The van der Waals surface area contributed by atoms with E-state index in [1.54, 1.807) is 4.90 Å². The number of piperidine rings is 1. The molecule has 1 aliphatic heterocycles. The van der Waals surface area contributed by atoms with E-state index in [0.29, 0.717) is 0 Å². The third-order valence-corrected chi connectivity index (χ3v) is 4.80. The van der Waals surface area contributed by atoms with Gasteiger partial charge < -0.3 is 9.88 Å². The van der Waals surface area contributed by atoms with Gasteiger partial charge >= 0.3 is 0 Å². The average molecular weight is 276 g/mol. The average Bonchev–Trinajstić information content (AvgIpc) is 2.87. The van der Waals surface area contributed by atoms with Crippen LogP contribution in [0.5, 0.6) is 0 Å². The van der Waals surface area contributed by atoms with Crippen LogP contribution in [0.4, 0.5) is 0 Å². The van der Waals surface area contributed by atoms with Crippen LogP contribution in [-0.4, -0.2) is 35.4 Å². The second kappa shape index (κ2) is 6.44. The van der Waals surface area contributed by atoms with Crippen LogP contribution in [0, 0.1) is 0 Å². The molecule has 1 fully saturated rings. The molecule has 0 saturated carbocycles. The van der Waals surface area contributed by atoms with Crippen LogP contribution in [0.1, 0.15) is 25.7 Å². The predicted octanol–water partition coefficient (Wildman–Crippen LogP) is 2.11. The highest BCUT2D eigenvalue weighted by Crippen LogP contribution is 2.19. The summed E-state index contributed by atoms with van der Waals surface area (Å²) < 4.78 is 0. The first-order valence-corrected chi connectivity index (χ1v) is 8.31. The number of fused-ring (bicyclic) bond motifs is 1. The van der Waals surface area contributed by atoms with Crippen molar-refractivity contribution in [2.45, 2.75) is 30.8 Å². The molecule has 3 nitrogen and oxygen atoms in total. The van der Waals surface area contributed by atoms with Crippen LogP contribution in [-0.2, 0) is 0 Å². The van der Waals surface area contributed by atoms with E-state index in [-0.39, 0.29) is 0 Å². The van der Waals surface area contributed by atoms with Gasteiger partial charge in [-0.15, -0.1) is 0 Å². The highest BCUT2D eigenvalue weighted by Gasteiger charge is 2.12. The Labute approximate surface area is 118 Å². The van der Waals surface area contributed by atoms with Crippen molar-refractivity contribution in [2.24, 2.45) is 0 Å². The van der Waals surface area contributed by atoms with Crippen molar-refractivity contribution < 1.29 is 4.90 Å². The van der Waals surface area contributed by atoms with Gasteiger partial charge in [0.15, 0.2) is 5.16 Å². The summed E-state index contributed by atoms with van der Waals surface area (Å²) in [6.07, 6.45) is 5.58. The highest BCUT2D eigenvalue weighted by molar-refractivity contribution is 7.99. The molecule has 1 aromatic carbocycles. The third kappa shape index (κ3) is 3.51. The molecule has 4 heteroatoms. The summed E-state index contributed by atoms with van der Waals surface area (Å²) in [4.78, 5) is 9.78. The molecule has 0 unspecified atom stereocenters. The van der Waals surface area contributed by atoms with Gasteiger partial charge in [-0.2, -0.15) is 0 Å². The summed E-state index contributed by atoms with van der Waals surface area (Å²) in [5, 5.41) is 1.06. The predicted molar refractivity (Wildman–Crippen MR) is 80.8 cm³/mol. The number of para-hydroxylation sites is 2. The number of likely N-dealkylation sites (tertiary alicyclic amines) is 1. The Morgan fingerprint density at radius 2 is 2.00 bits per heavy atom. The van der Waals surface area contributed by atoms with Crippen LogP contribution in [0.25, 0.3) is 11.0 Å². The molecule has 0 amide bonds. The van der Waals surface area contributed by atoms with E-state index in [1.807, 2.05) is 17.8 Å². The Hall–Kier alpha value is -1.00. The highest BCUT2D eigenvalue weighted by atomic mass is 32.2. The molecule has 0 bridgehead atoms. The summed E-state index contributed by atoms with van der Waals surface area (Å²) >= 11 is 1.85. The first kappa shape index (κ1) is 13.0. The first-order valence-electron chi connectivity index (χ1n) is 7.33. The maximum atomic E-state index is 4.60. The summed E-state index contributed by atoms with van der Waals surface area (Å²) in [5.41, 5.74) is 2.22. The van der Waals surface area contributed by atoms with Gasteiger partial charge in [-0.1, -0.05) is 23.9 Å².